The number of fused-ring (bicyclic) bond motifs is 1. The molecule has 2 heterocycles. The van der Waals surface area contributed by atoms with Gasteiger partial charge in [-0.3, -0.25) is 5.32 Å². The van der Waals surface area contributed by atoms with Gasteiger partial charge in [-0.1, -0.05) is 0 Å². The Kier molecular flexibility index (Phi) is 3.22. The van der Waals surface area contributed by atoms with Crippen molar-refractivity contribution in [3.63, 3.8) is 0 Å². The minimum Gasteiger partial charge on any atom is -0.486 e. The third-order valence-electron chi connectivity index (χ3n) is 3.24. The molecule has 0 aliphatic carbocycles. The smallest absolute Gasteiger partial charge is 0.184 e. The van der Waals surface area contributed by atoms with Crippen molar-refractivity contribution in [2.75, 3.05) is 37.7 Å². The van der Waals surface area contributed by atoms with Crippen molar-refractivity contribution in [1.82, 2.24) is 5.32 Å². The van der Waals surface area contributed by atoms with Crippen LogP contribution in [0.1, 0.15) is 5.56 Å². The number of benzene rings is 1. The summed E-state index contributed by atoms with van der Waals surface area (Å²) in [5, 5.41) is 3.23. The Balaban J connectivity index is 1.97. The number of piperazine rings is 1. The van der Waals surface area contributed by atoms with E-state index in [1.807, 2.05) is 6.07 Å². The van der Waals surface area contributed by atoms with Crippen molar-refractivity contribution in [1.29, 1.82) is 0 Å². The Morgan fingerprint density at radius 3 is 3.00 bits per heavy atom. The van der Waals surface area contributed by atoms with Gasteiger partial charge in [0.25, 0.3) is 0 Å². The van der Waals surface area contributed by atoms with Crippen LogP contribution in [0.5, 0.6) is 11.5 Å². The molecule has 0 amide bonds. The van der Waals surface area contributed by atoms with Gasteiger partial charge in [-0.2, -0.15) is 0 Å². The van der Waals surface area contributed by atoms with Gasteiger partial charge in [0.1, 0.15) is 18.7 Å². The summed E-state index contributed by atoms with van der Waals surface area (Å²) in [6.07, 6.45) is 0. The second kappa shape index (κ2) is 4.86. The van der Waals surface area contributed by atoms with E-state index in [1.165, 1.54) is 5.56 Å². The van der Waals surface area contributed by atoms with Gasteiger partial charge in [0.05, 0.1) is 5.69 Å². The fourth-order valence-electron chi connectivity index (χ4n) is 2.43. The normalized spacial score (nSPS) is 23.0. The number of alkyl halides is 1. The molecule has 98 valence electrons. The molecule has 0 bridgehead atoms. The first kappa shape index (κ1) is 11.9. The summed E-state index contributed by atoms with van der Waals surface area (Å²) >= 11 is 6.16. The molecule has 1 fully saturated rings. The van der Waals surface area contributed by atoms with Crippen molar-refractivity contribution in [3.8, 4) is 11.5 Å². The van der Waals surface area contributed by atoms with Gasteiger partial charge in [0.2, 0.25) is 0 Å². The Hall–Kier alpha value is -1.13. The molecule has 0 aromatic heterocycles. The highest BCUT2D eigenvalue weighted by Crippen LogP contribution is 2.41. The molecule has 4 nitrogen and oxygen atoms in total. The molecular weight excluding hydrogens is 252 g/mol. The molecule has 1 atom stereocenters. The van der Waals surface area contributed by atoms with Crippen molar-refractivity contribution in [3.05, 3.63) is 17.7 Å². The molecule has 0 radical (unpaired) electrons. The Morgan fingerprint density at radius 2 is 2.17 bits per heavy atom. The van der Waals surface area contributed by atoms with Gasteiger partial charge in [0.15, 0.2) is 11.5 Å². The van der Waals surface area contributed by atoms with Gasteiger partial charge >= 0.3 is 0 Å². The summed E-state index contributed by atoms with van der Waals surface area (Å²) < 4.78 is 11.4. The summed E-state index contributed by atoms with van der Waals surface area (Å²) in [4.78, 5) is 2.26. The number of anilines is 1. The number of nitrogens with one attached hydrogen (secondary N) is 1. The van der Waals surface area contributed by atoms with Crippen LogP contribution in [0.2, 0.25) is 0 Å². The molecule has 1 saturated heterocycles. The zero-order chi connectivity index (χ0) is 12.5. The first-order chi connectivity index (χ1) is 8.74. The number of aryl methyl sites for hydroxylation is 1. The van der Waals surface area contributed by atoms with Gasteiger partial charge in [-0.25, -0.2) is 0 Å². The molecule has 0 spiro atoms. The quantitative estimate of drug-likeness (QED) is 0.621. The van der Waals surface area contributed by atoms with Crippen LogP contribution in [0.15, 0.2) is 12.1 Å². The molecule has 2 aliphatic heterocycles. The highest BCUT2D eigenvalue weighted by Gasteiger charge is 2.24. The molecule has 0 saturated carbocycles. The zero-order valence-corrected chi connectivity index (χ0v) is 11.2. The van der Waals surface area contributed by atoms with E-state index in [9.17, 15) is 0 Å². The van der Waals surface area contributed by atoms with E-state index in [2.05, 4.69) is 23.2 Å². The SMILES string of the molecule is Cc1cc2c(c(N3CCNC(Cl)C3)c1)OCCO2. The third kappa shape index (κ3) is 2.22. The molecule has 3 rings (SSSR count). The largest absolute Gasteiger partial charge is 0.486 e. The maximum absolute atomic E-state index is 6.16. The number of ether oxygens (including phenoxy) is 2. The number of rotatable bonds is 1. The molecule has 18 heavy (non-hydrogen) atoms. The molecule has 1 unspecified atom stereocenters. The lowest BCUT2D eigenvalue weighted by molar-refractivity contribution is 0.172. The molecule has 1 N–H and O–H groups in total. The molecule has 2 aliphatic rings. The van der Waals surface area contributed by atoms with E-state index in [-0.39, 0.29) is 5.50 Å². The van der Waals surface area contributed by atoms with Gasteiger partial charge in [0, 0.05) is 19.6 Å². The predicted molar refractivity (Wildman–Crippen MR) is 72.0 cm³/mol. The maximum Gasteiger partial charge on any atom is 0.184 e. The van der Waals surface area contributed by atoms with Gasteiger partial charge in [-0.15, -0.1) is 11.6 Å². The van der Waals surface area contributed by atoms with E-state index in [0.29, 0.717) is 13.2 Å². The van der Waals surface area contributed by atoms with Crippen LogP contribution in [-0.2, 0) is 0 Å². The average Bonchev–Trinajstić information content (AvgIpc) is 2.37. The van der Waals surface area contributed by atoms with Crippen LogP contribution < -0.4 is 19.7 Å². The predicted octanol–water partition coefficient (Wildman–Crippen LogP) is 1.74. The first-order valence-electron chi connectivity index (χ1n) is 6.27. The lowest BCUT2D eigenvalue weighted by Crippen LogP contribution is -2.48. The topological polar surface area (TPSA) is 33.7 Å². The first-order valence-corrected chi connectivity index (χ1v) is 6.70. The van der Waals surface area contributed by atoms with Crippen LogP contribution in [0.3, 0.4) is 0 Å². The van der Waals surface area contributed by atoms with Crippen LogP contribution in [-0.4, -0.2) is 38.3 Å². The summed E-state index contributed by atoms with van der Waals surface area (Å²) in [6.45, 7) is 5.90. The van der Waals surface area contributed by atoms with Gasteiger partial charge in [-0.05, 0) is 24.6 Å². The lowest BCUT2D eigenvalue weighted by Gasteiger charge is -2.35. The third-order valence-corrected chi connectivity index (χ3v) is 3.53. The van der Waals surface area contributed by atoms with Crippen molar-refractivity contribution >= 4 is 17.3 Å². The van der Waals surface area contributed by atoms with Crippen molar-refractivity contribution in [2.24, 2.45) is 0 Å². The monoisotopic (exact) mass is 268 g/mol. The number of halogens is 1. The average molecular weight is 269 g/mol. The van der Waals surface area contributed by atoms with Crippen molar-refractivity contribution < 1.29 is 9.47 Å². The second-order valence-corrected chi connectivity index (χ2v) is 5.20. The second-order valence-electron chi connectivity index (χ2n) is 4.68. The van der Waals surface area contributed by atoms with Gasteiger partial charge < -0.3 is 14.4 Å². The Labute approximate surface area is 112 Å². The number of nitrogens with zero attached hydrogens (tertiary/aromatic N) is 1. The maximum atomic E-state index is 6.16. The highest BCUT2D eigenvalue weighted by molar-refractivity contribution is 6.20. The Bertz CT molecular complexity index is 453. The standard InChI is InChI=1S/C13H17ClN2O2/c1-9-6-10(16-3-2-15-12(14)8-16)13-11(7-9)17-4-5-18-13/h6-7,12,15H,2-5,8H2,1H3. The molecule has 1 aromatic carbocycles. The van der Waals surface area contributed by atoms with E-state index < -0.39 is 0 Å². The highest BCUT2D eigenvalue weighted by atomic mass is 35.5. The van der Waals surface area contributed by atoms with E-state index >= 15 is 0 Å². The van der Waals surface area contributed by atoms with E-state index in [1.54, 1.807) is 0 Å². The molecule has 1 aromatic rings. The molecular formula is C13H17ClN2O2. The minimum atomic E-state index is -0.0144. The van der Waals surface area contributed by atoms with Crippen LogP contribution in [0, 0.1) is 6.92 Å². The summed E-state index contributed by atoms with van der Waals surface area (Å²) in [6, 6.07) is 4.17. The van der Waals surface area contributed by atoms with Crippen LogP contribution in [0.25, 0.3) is 0 Å². The lowest BCUT2D eigenvalue weighted by atomic mass is 10.1. The van der Waals surface area contributed by atoms with Crippen LogP contribution in [0.4, 0.5) is 5.69 Å². The zero-order valence-electron chi connectivity index (χ0n) is 10.4. The summed E-state index contributed by atoms with van der Waals surface area (Å²) in [5.41, 5.74) is 2.26. The summed E-state index contributed by atoms with van der Waals surface area (Å²) in [5.74, 6) is 1.71. The van der Waals surface area contributed by atoms with Crippen molar-refractivity contribution in [2.45, 2.75) is 12.4 Å². The number of hydrogen-bond donors (Lipinski definition) is 1. The van der Waals surface area contributed by atoms with Crippen LogP contribution >= 0.6 is 11.6 Å². The minimum absolute atomic E-state index is 0.0144. The number of hydrogen-bond acceptors (Lipinski definition) is 4. The van der Waals surface area contributed by atoms with E-state index in [4.69, 9.17) is 21.1 Å². The van der Waals surface area contributed by atoms with E-state index in [0.717, 1.165) is 36.8 Å². The fourth-order valence-corrected chi connectivity index (χ4v) is 2.70. The Morgan fingerprint density at radius 1 is 1.33 bits per heavy atom. The molecule has 5 heteroatoms. The summed E-state index contributed by atoms with van der Waals surface area (Å²) in [7, 11) is 0. The fraction of sp³-hybridized carbons (Fsp3) is 0.538.